The van der Waals surface area contributed by atoms with Crippen LogP contribution >= 0.6 is 0 Å². The molecule has 0 unspecified atom stereocenters. The lowest BCUT2D eigenvalue weighted by atomic mass is 10.1. The highest BCUT2D eigenvalue weighted by atomic mass is 16.5. The fourth-order valence-corrected chi connectivity index (χ4v) is 1.15. The van der Waals surface area contributed by atoms with E-state index >= 15 is 0 Å². The molecule has 0 aromatic carbocycles. The molecule has 0 atom stereocenters. The summed E-state index contributed by atoms with van der Waals surface area (Å²) in [6.07, 6.45) is 6.57. The van der Waals surface area contributed by atoms with E-state index in [0.717, 1.165) is 18.4 Å². The summed E-state index contributed by atoms with van der Waals surface area (Å²) >= 11 is 0. The van der Waals surface area contributed by atoms with Gasteiger partial charge in [0, 0.05) is 5.57 Å². The van der Waals surface area contributed by atoms with Crippen LogP contribution in [-0.2, 0) is 9.53 Å². The molecule has 0 bridgehead atoms. The zero-order valence-electron chi connectivity index (χ0n) is 10.5. The summed E-state index contributed by atoms with van der Waals surface area (Å²) in [7, 11) is 0. The third-order valence-electron chi connectivity index (χ3n) is 2.13. The van der Waals surface area contributed by atoms with Gasteiger partial charge < -0.3 is 4.74 Å². The molecule has 0 saturated carbocycles. The Morgan fingerprint density at radius 1 is 1.33 bits per heavy atom. The lowest BCUT2D eigenvalue weighted by molar-refractivity contribution is -0.140. The summed E-state index contributed by atoms with van der Waals surface area (Å²) < 4.78 is 5.12. The molecule has 0 aromatic rings. The fourth-order valence-electron chi connectivity index (χ4n) is 1.15. The first kappa shape index (κ1) is 14.2. The predicted molar refractivity (Wildman–Crippen MR) is 63.7 cm³/mol. The highest BCUT2D eigenvalue weighted by molar-refractivity contribution is 5.87. The quantitative estimate of drug-likeness (QED) is 0.365. The second kappa shape index (κ2) is 8.51. The summed E-state index contributed by atoms with van der Waals surface area (Å²) in [5.74, 6) is 0.238. The smallest absolute Gasteiger partial charge is 0.333 e. The van der Waals surface area contributed by atoms with Crippen LogP contribution in [0.15, 0.2) is 11.6 Å². The van der Waals surface area contributed by atoms with E-state index in [1.54, 1.807) is 0 Å². The normalized spacial score (nSPS) is 11.9. The summed E-state index contributed by atoms with van der Waals surface area (Å²) in [6, 6.07) is 0. The van der Waals surface area contributed by atoms with E-state index in [4.69, 9.17) is 4.74 Å². The minimum atomic E-state index is -0.166. The molecule has 2 heteroatoms. The molecule has 88 valence electrons. The van der Waals surface area contributed by atoms with Crippen molar-refractivity contribution in [1.29, 1.82) is 0 Å². The van der Waals surface area contributed by atoms with Crippen molar-refractivity contribution in [2.45, 2.75) is 53.4 Å². The number of ether oxygens (including phenoxy) is 1. The number of allylic oxidation sites excluding steroid dienone is 1. The van der Waals surface area contributed by atoms with Gasteiger partial charge >= 0.3 is 5.97 Å². The average molecular weight is 212 g/mol. The molecule has 0 amide bonds. The van der Waals surface area contributed by atoms with Crippen molar-refractivity contribution in [2.75, 3.05) is 6.61 Å². The van der Waals surface area contributed by atoms with E-state index < -0.39 is 0 Å². The van der Waals surface area contributed by atoms with Crippen LogP contribution < -0.4 is 0 Å². The van der Waals surface area contributed by atoms with Crippen LogP contribution in [-0.4, -0.2) is 12.6 Å². The highest BCUT2D eigenvalue weighted by Crippen LogP contribution is 2.05. The van der Waals surface area contributed by atoms with Gasteiger partial charge in [0.05, 0.1) is 6.61 Å². The van der Waals surface area contributed by atoms with Gasteiger partial charge in [0.1, 0.15) is 0 Å². The molecule has 0 radical (unpaired) electrons. The lowest BCUT2D eigenvalue weighted by Gasteiger charge is -2.07. The maximum absolute atomic E-state index is 11.4. The molecule has 0 aliphatic rings. The first-order chi connectivity index (χ1) is 7.07. The van der Waals surface area contributed by atoms with Gasteiger partial charge in [-0.05, 0) is 25.7 Å². The van der Waals surface area contributed by atoms with Crippen LogP contribution in [0.1, 0.15) is 53.4 Å². The molecular weight excluding hydrogens is 188 g/mol. The van der Waals surface area contributed by atoms with E-state index in [2.05, 4.69) is 6.92 Å². The second-order valence-electron chi connectivity index (χ2n) is 4.38. The minimum absolute atomic E-state index is 0.166. The van der Waals surface area contributed by atoms with E-state index in [9.17, 15) is 4.79 Å². The van der Waals surface area contributed by atoms with Crippen molar-refractivity contribution < 1.29 is 9.53 Å². The van der Waals surface area contributed by atoms with Crippen molar-refractivity contribution in [3.63, 3.8) is 0 Å². The van der Waals surface area contributed by atoms with Crippen molar-refractivity contribution >= 4 is 5.97 Å². The molecule has 15 heavy (non-hydrogen) atoms. The summed E-state index contributed by atoms with van der Waals surface area (Å²) in [5, 5.41) is 0. The lowest BCUT2D eigenvalue weighted by Crippen LogP contribution is -2.10. The number of unbranched alkanes of at least 4 members (excludes halogenated alkanes) is 3. The Kier molecular flexibility index (Phi) is 8.06. The third kappa shape index (κ3) is 8.22. The van der Waals surface area contributed by atoms with E-state index in [1.807, 2.05) is 26.8 Å². The number of hydrogen-bond donors (Lipinski definition) is 0. The van der Waals surface area contributed by atoms with Gasteiger partial charge in [-0.1, -0.05) is 39.7 Å². The Hall–Kier alpha value is -0.790. The Morgan fingerprint density at radius 2 is 2.00 bits per heavy atom. The number of carbonyl (C=O) groups is 1. The number of hydrogen-bond acceptors (Lipinski definition) is 2. The SMILES string of the molecule is CCCCCC=C(C)C(=O)OCC(C)C. The second-order valence-corrected chi connectivity index (χ2v) is 4.38. The maximum Gasteiger partial charge on any atom is 0.333 e. The zero-order chi connectivity index (χ0) is 11.7. The number of rotatable bonds is 7. The first-order valence-electron chi connectivity index (χ1n) is 5.91. The van der Waals surface area contributed by atoms with Crippen molar-refractivity contribution in [2.24, 2.45) is 5.92 Å². The molecule has 0 N–H and O–H groups in total. The van der Waals surface area contributed by atoms with E-state index in [0.29, 0.717) is 12.5 Å². The standard InChI is InChI=1S/C13H24O2/c1-5-6-7-8-9-12(4)13(14)15-10-11(2)3/h9,11H,5-8,10H2,1-4H3. The van der Waals surface area contributed by atoms with E-state index in [-0.39, 0.29) is 5.97 Å². The van der Waals surface area contributed by atoms with Gasteiger partial charge in [0.15, 0.2) is 0 Å². The van der Waals surface area contributed by atoms with Crippen molar-refractivity contribution in [3.8, 4) is 0 Å². The van der Waals surface area contributed by atoms with Gasteiger partial charge in [-0.15, -0.1) is 0 Å². The van der Waals surface area contributed by atoms with Gasteiger partial charge in [-0.25, -0.2) is 4.79 Å². The monoisotopic (exact) mass is 212 g/mol. The number of esters is 1. The Bertz CT molecular complexity index is 205. The van der Waals surface area contributed by atoms with Gasteiger partial charge in [-0.2, -0.15) is 0 Å². The molecule has 0 saturated heterocycles. The number of carbonyl (C=O) groups excluding carboxylic acids is 1. The first-order valence-corrected chi connectivity index (χ1v) is 5.91. The van der Waals surface area contributed by atoms with Crippen LogP contribution in [0, 0.1) is 5.92 Å². The van der Waals surface area contributed by atoms with Crippen LogP contribution in [0.25, 0.3) is 0 Å². The average Bonchev–Trinajstić information content (AvgIpc) is 2.20. The maximum atomic E-state index is 11.4. The summed E-state index contributed by atoms with van der Waals surface area (Å²) in [4.78, 5) is 11.4. The Labute approximate surface area is 93.7 Å². The summed E-state index contributed by atoms with van der Waals surface area (Å²) in [5.41, 5.74) is 0.742. The van der Waals surface area contributed by atoms with Crippen LogP contribution in [0.2, 0.25) is 0 Å². The summed E-state index contributed by atoms with van der Waals surface area (Å²) in [6.45, 7) is 8.59. The van der Waals surface area contributed by atoms with Crippen LogP contribution in [0.3, 0.4) is 0 Å². The highest BCUT2D eigenvalue weighted by Gasteiger charge is 2.05. The molecule has 2 nitrogen and oxygen atoms in total. The van der Waals surface area contributed by atoms with Gasteiger partial charge in [0.25, 0.3) is 0 Å². The topological polar surface area (TPSA) is 26.3 Å². The van der Waals surface area contributed by atoms with E-state index in [1.165, 1.54) is 12.8 Å². The molecule has 0 aromatic heterocycles. The molecule has 0 spiro atoms. The Morgan fingerprint density at radius 3 is 2.53 bits per heavy atom. The molecule has 0 heterocycles. The molecule has 0 aliphatic carbocycles. The molecular formula is C13H24O2. The molecule has 0 aliphatic heterocycles. The fraction of sp³-hybridized carbons (Fsp3) is 0.769. The van der Waals surface area contributed by atoms with Gasteiger partial charge in [-0.3, -0.25) is 0 Å². The van der Waals surface area contributed by atoms with Crippen LogP contribution in [0.5, 0.6) is 0 Å². The molecule has 0 fully saturated rings. The minimum Gasteiger partial charge on any atom is -0.462 e. The largest absolute Gasteiger partial charge is 0.462 e. The molecule has 0 rings (SSSR count). The third-order valence-corrected chi connectivity index (χ3v) is 2.13. The zero-order valence-corrected chi connectivity index (χ0v) is 10.5. The van der Waals surface area contributed by atoms with Crippen molar-refractivity contribution in [3.05, 3.63) is 11.6 Å². The van der Waals surface area contributed by atoms with Gasteiger partial charge in [0.2, 0.25) is 0 Å². The Balaban J connectivity index is 3.76. The predicted octanol–water partition coefficient (Wildman–Crippen LogP) is 3.71. The van der Waals surface area contributed by atoms with Crippen LogP contribution in [0.4, 0.5) is 0 Å². The van der Waals surface area contributed by atoms with Crippen molar-refractivity contribution in [1.82, 2.24) is 0 Å².